The minimum absolute atomic E-state index is 0.000596. The van der Waals surface area contributed by atoms with Gasteiger partial charge in [-0.1, -0.05) is 12.1 Å². The lowest BCUT2D eigenvalue weighted by Gasteiger charge is -2.23. The number of benzene rings is 1. The SMILES string of the molecule is c1cnc(Nc2nccc(-c3ccc4cnn(C5CCCCO5)c4c3)n2)nc1. The molecule has 8 nitrogen and oxygen atoms in total. The maximum absolute atomic E-state index is 5.91. The van der Waals surface area contributed by atoms with E-state index in [-0.39, 0.29) is 6.23 Å². The molecule has 1 unspecified atom stereocenters. The Morgan fingerprint density at radius 3 is 2.75 bits per heavy atom. The Hall–Kier alpha value is -3.39. The molecule has 0 amide bonds. The van der Waals surface area contributed by atoms with Crippen LogP contribution in [-0.4, -0.2) is 36.3 Å². The van der Waals surface area contributed by atoms with Crippen LogP contribution in [0.1, 0.15) is 25.5 Å². The molecule has 1 fully saturated rings. The first-order chi connectivity index (χ1) is 13.9. The fourth-order valence-corrected chi connectivity index (χ4v) is 3.39. The molecular weight excluding hydrogens is 354 g/mol. The van der Waals surface area contributed by atoms with Crippen molar-refractivity contribution in [1.82, 2.24) is 29.7 Å². The third kappa shape index (κ3) is 3.29. The molecule has 28 heavy (non-hydrogen) atoms. The van der Waals surface area contributed by atoms with Crippen molar-refractivity contribution in [2.45, 2.75) is 25.5 Å². The van der Waals surface area contributed by atoms with E-state index in [9.17, 15) is 0 Å². The van der Waals surface area contributed by atoms with Crippen LogP contribution in [0.15, 0.2) is 55.1 Å². The van der Waals surface area contributed by atoms with Gasteiger partial charge in [-0.25, -0.2) is 24.6 Å². The van der Waals surface area contributed by atoms with Crippen LogP contribution >= 0.6 is 0 Å². The number of hydrogen-bond acceptors (Lipinski definition) is 7. The van der Waals surface area contributed by atoms with Gasteiger partial charge in [0, 0.05) is 36.1 Å². The van der Waals surface area contributed by atoms with Crippen LogP contribution in [0.2, 0.25) is 0 Å². The minimum atomic E-state index is -0.000596. The zero-order valence-electron chi connectivity index (χ0n) is 15.2. The van der Waals surface area contributed by atoms with Gasteiger partial charge in [-0.15, -0.1) is 0 Å². The van der Waals surface area contributed by atoms with Crippen molar-refractivity contribution in [1.29, 1.82) is 0 Å². The van der Waals surface area contributed by atoms with E-state index >= 15 is 0 Å². The van der Waals surface area contributed by atoms with Crippen LogP contribution in [0.25, 0.3) is 22.2 Å². The lowest BCUT2D eigenvalue weighted by atomic mass is 10.1. The van der Waals surface area contributed by atoms with Gasteiger partial charge in [0.25, 0.3) is 0 Å². The fraction of sp³-hybridized carbons (Fsp3) is 0.250. The summed E-state index contributed by atoms with van der Waals surface area (Å²) in [6.45, 7) is 0.786. The van der Waals surface area contributed by atoms with E-state index < -0.39 is 0 Å². The van der Waals surface area contributed by atoms with Crippen molar-refractivity contribution in [2.75, 3.05) is 11.9 Å². The summed E-state index contributed by atoms with van der Waals surface area (Å²) in [6, 6.07) is 9.85. The second-order valence-electron chi connectivity index (χ2n) is 6.65. The Bertz CT molecular complexity index is 1090. The van der Waals surface area contributed by atoms with Gasteiger partial charge < -0.3 is 4.74 Å². The molecule has 0 spiro atoms. The van der Waals surface area contributed by atoms with Gasteiger partial charge in [-0.2, -0.15) is 5.10 Å². The van der Waals surface area contributed by atoms with Crippen LogP contribution in [0.3, 0.4) is 0 Å². The standard InChI is InChI=1S/C20H19N7O/c1-2-11-28-18(4-1)27-17-12-14(5-6-15(17)13-24-27)16-7-10-23-20(25-16)26-19-21-8-3-9-22-19/h3,5-10,12-13,18H,1-2,4,11H2,(H,21,22,23,25,26). The second-order valence-corrected chi connectivity index (χ2v) is 6.65. The number of fused-ring (bicyclic) bond motifs is 1. The van der Waals surface area contributed by atoms with Gasteiger partial charge in [0.1, 0.15) is 0 Å². The summed E-state index contributed by atoms with van der Waals surface area (Å²) in [5, 5.41) is 8.67. The van der Waals surface area contributed by atoms with E-state index in [4.69, 9.17) is 4.74 Å². The highest BCUT2D eigenvalue weighted by Gasteiger charge is 2.19. The Morgan fingerprint density at radius 1 is 1.00 bits per heavy atom. The molecular formula is C20H19N7O. The molecule has 0 bridgehead atoms. The molecule has 1 aliphatic heterocycles. The highest BCUT2D eigenvalue weighted by Crippen LogP contribution is 2.29. The Kier molecular flexibility index (Phi) is 4.38. The van der Waals surface area contributed by atoms with Crippen molar-refractivity contribution in [3.8, 4) is 11.3 Å². The van der Waals surface area contributed by atoms with Crippen molar-refractivity contribution in [2.24, 2.45) is 0 Å². The number of nitrogens with zero attached hydrogens (tertiary/aromatic N) is 6. The number of hydrogen-bond donors (Lipinski definition) is 1. The molecule has 3 aromatic heterocycles. The lowest BCUT2D eigenvalue weighted by Crippen LogP contribution is -2.18. The molecule has 0 aliphatic carbocycles. The van der Waals surface area contributed by atoms with E-state index in [1.807, 2.05) is 23.0 Å². The van der Waals surface area contributed by atoms with Crippen molar-refractivity contribution < 1.29 is 4.74 Å². The van der Waals surface area contributed by atoms with Crippen LogP contribution in [0.4, 0.5) is 11.9 Å². The van der Waals surface area contributed by atoms with Crippen molar-refractivity contribution >= 4 is 22.8 Å². The van der Waals surface area contributed by atoms with Crippen LogP contribution in [0.5, 0.6) is 0 Å². The Morgan fingerprint density at radius 2 is 1.89 bits per heavy atom. The molecule has 8 heteroatoms. The normalized spacial score (nSPS) is 16.9. The molecule has 140 valence electrons. The van der Waals surface area contributed by atoms with Gasteiger partial charge in [-0.3, -0.25) is 5.32 Å². The van der Waals surface area contributed by atoms with Crippen LogP contribution < -0.4 is 5.32 Å². The van der Waals surface area contributed by atoms with Crippen LogP contribution in [0, 0.1) is 0 Å². The van der Waals surface area contributed by atoms with Gasteiger partial charge in [0.15, 0.2) is 6.23 Å². The number of aromatic nitrogens is 6. The summed E-state index contributed by atoms with van der Waals surface area (Å²) in [5.41, 5.74) is 2.85. The molecule has 0 radical (unpaired) electrons. The van der Waals surface area contributed by atoms with E-state index in [1.165, 1.54) is 0 Å². The van der Waals surface area contributed by atoms with E-state index in [1.54, 1.807) is 24.7 Å². The van der Waals surface area contributed by atoms with E-state index in [0.717, 1.165) is 48.0 Å². The molecule has 1 aromatic carbocycles. The summed E-state index contributed by atoms with van der Waals surface area (Å²) >= 11 is 0. The largest absolute Gasteiger partial charge is 0.356 e. The molecule has 0 saturated carbocycles. The first-order valence-electron chi connectivity index (χ1n) is 9.33. The average molecular weight is 373 g/mol. The second kappa shape index (κ2) is 7.32. The third-order valence-corrected chi connectivity index (χ3v) is 4.77. The fourth-order valence-electron chi connectivity index (χ4n) is 3.39. The number of anilines is 2. The molecule has 1 N–H and O–H groups in total. The molecule has 1 saturated heterocycles. The maximum atomic E-state index is 5.91. The van der Waals surface area contributed by atoms with Gasteiger partial charge >= 0.3 is 0 Å². The molecule has 4 aromatic rings. The highest BCUT2D eigenvalue weighted by molar-refractivity contribution is 5.84. The predicted molar refractivity (Wildman–Crippen MR) is 105 cm³/mol. The van der Waals surface area contributed by atoms with E-state index in [2.05, 4.69) is 42.5 Å². The van der Waals surface area contributed by atoms with Crippen molar-refractivity contribution in [3.63, 3.8) is 0 Å². The third-order valence-electron chi connectivity index (χ3n) is 4.77. The number of ether oxygens (including phenoxy) is 1. The molecule has 5 rings (SSSR count). The summed E-state index contributed by atoms with van der Waals surface area (Å²) in [4.78, 5) is 17.2. The summed E-state index contributed by atoms with van der Waals surface area (Å²) in [6.07, 6.45) is 10.2. The molecule has 1 atom stereocenters. The maximum Gasteiger partial charge on any atom is 0.230 e. The zero-order chi connectivity index (χ0) is 18.8. The molecule has 4 heterocycles. The first kappa shape index (κ1) is 16.8. The Balaban J connectivity index is 1.48. The quantitative estimate of drug-likeness (QED) is 0.583. The monoisotopic (exact) mass is 373 g/mol. The number of nitrogens with one attached hydrogen (secondary N) is 1. The highest BCUT2D eigenvalue weighted by atomic mass is 16.5. The first-order valence-corrected chi connectivity index (χ1v) is 9.33. The predicted octanol–water partition coefficient (Wildman–Crippen LogP) is 3.73. The average Bonchev–Trinajstić information content (AvgIpc) is 3.19. The van der Waals surface area contributed by atoms with E-state index in [0.29, 0.717) is 11.9 Å². The zero-order valence-corrected chi connectivity index (χ0v) is 15.2. The van der Waals surface area contributed by atoms with Gasteiger partial charge in [0.05, 0.1) is 17.4 Å². The summed E-state index contributed by atoms with van der Waals surface area (Å²) in [7, 11) is 0. The lowest BCUT2D eigenvalue weighted by molar-refractivity contribution is -0.0366. The number of rotatable bonds is 4. The smallest absolute Gasteiger partial charge is 0.230 e. The van der Waals surface area contributed by atoms with Gasteiger partial charge in [0.2, 0.25) is 11.9 Å². The van der Waals surface area contributed by atoms with Crippen LogP contribution in [-0.2, 0) is 4.74 Å². The summed E-state index contributed by atoms with van der Waals surface area (Å²) in [5.74, 6) is 0.913. The summed E-state index contributed by atoms with van der Waals surface area (Å²) < 4.78 is 7.89. The minimum Gasteiger partial charge on any atom is -0.356 e. The van der Waals surface area contributed by atoms with Gasteiger partial charge in [-0.05, 0) is 37.5 Å². The Labute approximate surface area is 161 Å². The van der Waals surface area contributed by atoms with Crippen molar-refractivity contribution in [3.05, 3.63) is 55.1 Å². The molecule has 1 aliphatic rings. The topological polar surface area (TPSA) is 90.6 Å².